The van der Waals surface area contributed by atoms with Crippen molar-refractivity contribution in [3.05, 3.63) is 26.7 Å². The summed E-state index contributed by atoms with van der Waals surface area (Å²) >= 11 is 1.20. The largest absolute Gasteiger partial charge is 0.376 e. The van der Waals surface area contributed by atoms with Crippen LogP contribution in [0.25, 0.3) is 11.0 Å². The van der Waals surface area contributed by atoms with E-state index in [9.17, 15) is 14.4 Å². The maximum atomic E-state index is 12.9. The predicted molar refractivity (Wildman–Crippen MR) is 116 cm³/mol. The maximum absolute atomic E-state index is 12.9. The lowest BCUT2D eigenvalue weighted by Gasteiger charge is -2.17. The van der Waals surface area contributed by atoms with Crippen LogP contribution >= 0.6 is 11.8 Å². The fourth-order valence-corrected chi connectivity index (χ4v) is 4.45. The van der Waals surface area contributed by atoms with Gasteiger partial charge in [0.15, 0.2) is 5.65 Å². The summed E-state index contributed by atoms with van der Waals surface area (Å²) in [4.78, 5) is 47.0. The van der Waals surface area contributed by atoms with Crippen molar-refractivity contribution in [3.8, 4) is 0 Å². The smallest absolute Gasteiger partial charge is 0.332 e. The average molecular weight is 436 g/mol. The predicted octanol–water partition coefficient (Wildman–Crippen LogP) is 1.23. The van der Waals surface area contributed by atoms with Crippen molar-refractivity contribution in [3.63, 3.8) is 0 Å². The number of carbonyl (C=O) groups excluding carboxylic acids is 1. The molecule has 0 aromatic carbocycles. The van der Waals surface area contributed by atoms with Gasteiger partial charge in [0.1, 0.15) is 16.2 Å². The van der Waals surface area contributed by atoms with Crippen molar-refractivity contribution in [2.24, 2.45) is 13.0 Å². The number of nitrogens with one attached hydrogen (secondary N) is 1. The second-order valence-electron chi connectivity index (χ2n) is 8.07. The molecule has 2 unspecified atom stereocenters. The number of rotatable bonds is 7. The minimum Gasteiger partial charge on any atom is -0.376 e. The molecular weight excluding hydrogens is 406 g/mol. The number of thioether (sulfide) groups is 1. The molecule has 9 nitrogen and oxygen atoms in total. The molecule has 0 aliphatic carbocycles. The Morgan fingerprint density at radius 3 is 2.67 bits per heavy atom. The molecular formula is C20H29N5O4S. The number of ether oxygens (including phenoxy) is 1. The van der Waals surface area contributed by atoms with Gasteiger partial charge in [0.2, 0.25) is 5.91 Å². The molecule has 3 heterocycles. The first-order valence-electron chi connectivity index (χ1n) is 10.2. The lowest BCUT2D eigenvalue weighted by Crippen LogP contribution is -2.40. The summed E-state index contributed by atoms with van der Waals surface area (Å²) in [5.74, 6) is 0.492. The van der Waals surface area contributed by atoms with Gasteiger partial charge in [-0.2, -0.15) is 0 Å². The zero-order valence-corrected chi connectivity index (χ0v) is 18.9. The topological polar surface area (TPSA) is 108 Å². The van der Waals surface area contributed by atoms with Crippen molar-refractivity contribution in [2.45, 2.75) is 63.5 Å². The van der Waals surface area contributed by atoms with Crippen molar-refractivity contribution in [2.75, 3.05) is 13.2 Å². The molecule has 0 spiro atoms. The van der Waals surface area contributed by atoms with Crippen LogP contribution < -0.4 is 16.6 Å². The van der Waals surface area contributed by atoms with Gasteiger partial charge in [-0.15, -0.1) is 0 Å². The zero-order chi connectivity index (χ0) is 22.0. The van der Waals surface area contributed by atoms with E-state index in [0.29, 0.717) is 29.6 Å². The Hall–Kier alpha value is -2.20. The Labute approximate surface area is 179 Å². The molecule has 0 saturated carbocycles. The summed E-state index contributed by atoms with van der Waals surface area (Å²) < 4.78 is 8.14. The minimum absolute atomic E-state index is 0.0611. The molecule has 2 aromatic heterocycles. The monoisotopic (exact) mass is 435 g/mol. The van der Waals surface area contributed by atoms with Gasteiger partial charge in [0, 0.05) is 26.7 Å². The Morgan fingerprint density at radius 2 is 2.03 bits per heavy atom. The van der Waals surface area contributed by atoms with Crippen LogP contribution in [0.3, 0.4) is 0 Å². The van der Waals surface area contributed by atoms with Crippen molar-refractivity contribution >= 4 is 28.7 Å². The van der Waals surface area contributed by atoms with Crippen LogP contribution in [0.15, 0.2) is 14.6 Å². The van der Waals surface area contributed by atoms with Gasteiger partial charge in [-0.3, -0.25) is 18.7 Å². The number of hydrogen-bond donors (Lipinski definition) is 1. The molecule has 0 bridgehead atoms. The fourth-order valence-electron chi connectivity index (χ4n) is 3.44. The summed E-state index contributed by atoms with van der Waals surface area (Å²) in [6, 6.07) is 0. The molecule has 10 heteroatoms. The number of carbonyl (C=O) groups is 1. The number of amides is 1. The number of fused-ring (bicyclic) bond motifs is 1. The van der Waals surface area contributed by atoms with E-state index < -0.39 is 16.5 Å². The molecule has 1 fully saturated rings. The summed E-state index contributed by atoms with van der Waals surface area (Å²) in [6.45, 7) is 9.12. The molecule has 1 N–H and O–H groups in total. The standard InChI is InChI=1S/C20H29N5O4S/c1-11(2)10-25-16-15(19(27)24(5)20(25)28)18(23-13(4)22-16)30-12(3)17(26)21-9-14-7-6-8-29-14/h11-12,14H,6-10H2,1-5H3,(H,21,26). The number of aryl methyl sites for hydroxylation is 1. The Morgan fingerprint density at radius 1 is 1.30 bits per heavy atom. The van der Waals surface area contributed by atoms with Gasteiger partial charge >= 0.3 is 5.69 Å². The van der Waals surface area contributed by atoms with Crippen LogP contribution in [-0.2, 0) is 23.1 Å². The summed E-state index contributed by atoms with van der Waals surface area (Å²) in [7, 11) is 1.45. The van der Waals surface area contributed by atoms with Gasteiger partial charge in [-0.1, -0.05) is 25.6 Å². The highest BCUT2D eigenvalue weighted by Gasteiger charge is 2.23. The maximum Gasteiger partial charge on any atom is 0.332 e. The van der Waals surface area contributed by atoms with Gasteiger partial charge in [-0.25, -0.2) is 14.8 Å². The highest BCUT2D eigenvalue weighted by molar-refractivity contribution is 8.00. The Bertz CT molecular complexity index is 1060. The second kappa shape index (κ2) is 9.30. The van der Waals surface area contributed by atoms with Crippen LogP contribution in [0.2, 0.25) is 0 Å². The van der Waals surface area contributed by atoms with Crippen molar-refractivity contribution in [1.82, 2.24) is 24.4 Å². The van der Waals surface area contributed by atoms with E-state index >= 15 is 0 Å². The highest BCUT2D eigenvalue weighted by Crippen LogP contribution is 2.26. The van der Waals surface area contributed by atoms with Crippen LogP contribution in [-0.4, -0.2) is 49.5 Å². The summed E-state index contributed by atoms with van der Waals surface area (Å²) in [5, 5.41) is 3.12. The van der Waals surface area contributed by atoms with E-state index in [4.69, 9.17) is 4.74 Å². The minimum atomic E-state index is -0.473. The molecule has 2 atom stereocenters. The molecule has 30 heavy (non-hydrogen) atoms. The van der Waals surface area contributed by atoms with E-state index in [1.807, 2.05) is 13.8 Å². The number of aromatic nitrogens is 4. The quantitative estimate of drug-likeness (QED) is 0.515. The Balaban J connectivity index is 1.95. The molecule has 0 radical (unpaired) electrons. The first-order valence-corrected chi connectivity index (χ1v) is 11.1. The highest BCUT2D eigenvalue weighted by atomic mass is 32.2. The fraction of sp³-hybridized carbons (Fsp3) is 0.650. The van der Waals surface area contributed by atoms with Gasteiger partial charge < -0.3 is 10.1 Å². The Kier molecular flexibility index (Phi) is 6.97. The molecule has 1 saturated heterocycles. The van der Waals surface area contributed by atoms with Crippen molar-refractivity contribution < 1.29 is 9.53 Å². The third-order valence-electron chi connectivity index (χ3n) is 4.99. The van der Waals surface area contributed by atoms with E-state index in [1.165, 1.54) is 23.4 Å². The van der Waals surface area contributed by atoms with Gasteiger partial charge in [-0.05, 0) is 32.6 Å². The van der Waals surface area contributed by atoms with E-state index in [0.717, 1.165) is 24.0 Å². The van der Waals surface area contributed by atoms with Crippen LogP contribution in [0.4, 0.5) is 0 Å². The normalized spacial score (nSPS) is 17.6. The van der Waals surface area contributed by atoms with Crippen LogP contribution in [0.5, 0.6) is 0 Å². The average Bonchev–Trinajstić information content (AvgIpc) is 3.20. The summed E-state index contributed by atoms with van der Waals surface area (Å²) in [6.07, 6.45) is 2.02. The first kappa shape index (κ1) is 22.5. The third kappa shape index (κ3) is 4.75. The SMILES string of the molecule is Cc1nc(SC(C)C(=O)NCC2CCCO2)c2c(=O)n(C)c(=O)n(CC(C)C)c2n1. The zero-order valence-electron chi connectivity index (χ0n) is 18.1. The van der Waals surface area contributed by atoms with E-state index in [2.05, 4.69) is 15.3 Å². The lowest BCUT2D eigenvalue weighted by atomic mass is 10.2. The van der Waals surface area contributed by atoms with Gasteiger partial charge in [0.05, 0.1) is 11.4 Å². The molecule has 1 aliphatic heterocycles. The van der Waals surface area contributed by atoms with Crippen LogP contribution in [0.1, 0.15) is 39.4 Å². The molecule has 3 rings (SSSR count). The summed E-state index contributed by atoms with van der Waals surface area (Å²) in [5.41, 5.74) is -0.541. The molecule has 2 aromatic rings. The second-order valence-corrected chi connectivity index (χ2v) is 9.40. The van der Waals surface area contributed by atoms with Gasteiger partial charge in [0.25, 0.3) is 5.56 Å². The molecule has 1 aliphatic rings. The van der Waals surface area contributed by atoms with Crippen molar-refractivity contribution in [1.29, 1.82) is 0 Å². The first-order chi connectivity index (χ1) is 14.2. The van der Waals surface area contributed by atoms with Crippen LogP contribution in [0, 0.1) is 12.8 Å². The number of hydrogen-bond acceptors (Lipinski definition) is 7. The molecule has 164 valence electrons. The van der Waals surface area contributed by atoms with E-state index in [1.54, 1.807) is 13.8 Å². The number of nitrogens with zero attached hydrogens (tertiary/aromatic N) is 4. The third-order valence-corrected chi connectivity index (χ3v) is 6.08. The van der Waals surface area contributed by atoms with E-state index in [-0.39, 0.29) is 23.3 Å². The lowest BCUT2D eigenvalue weighted by molar-refractivity contribution is -0.120. The molecule has 1 amide bonds.